The number of carbonyl (C=O) groups is 1. The maximum absolute atomic E-state index is 12.7. The Kier molecular flexibility index (Phi) is 10.6. The second-order valence-electron chi connectivity index (χ2n) is 7.38. The van der Waals surface area contributed by atoms with E-state index in [4.69, 9.17) is 0 Å². The van der Waals surface area contributed by atoms with Crippen molar-refractivity contribution in [2.75, 3.05) is 13.1 Å². The van der Waals surface area contributed by atoms with Crippen molar-refractivity contribution in [2.24, 2.45) is 0 Å². The van der Waals surface area contributed by atoms with Crippen molar-refractivity contribution in [1.82, 2.24) is 4.90 Å². The molecule has 1 saturated heterocycles. The summed E-state index contributed by atoms with van der Waals surface area (Å²) in [4.78, 5) is 14.8. The van der Waals surface area contributed by atoms with Crippen LogP contribution in [0, 0.1) is 0 Å². The number of carbonyl (C=O) groups excluding carboxylic acids is 1. The molecule has 0 N–H and O–H groups in total. The summed E-state index contributed by atoms with van der Waals surface area (Å²) in [7, 11) is 0. The summed E-state index contributed by atoms with van der Waals surface area (Å²) in [5, 5.41) is 0. The van der Waals surface area contributed by atoms with Gasteiger partial charge >= 0.3 is 149 Å². The van der Waals surface area contributed by atoms with E-state index in [0.29, 0.717) is 5.91 Å². The number of nitrogens with zero attached hydrogens (tertiary/aromatic N) is 1. The molecule has 0 aromatic rings. The van der Waals surface area contributed by atoms with Crippen molar-refractivity contribution in [3.63, 3.8) is 0 Å². The van der Waals surface area contributed by atoms with Crippen molar-refractivity contribution >= 4 is 24.3 Å². The number of unbranched alkanes of at least 4 members (excludes halogenated alkanes) is 3. The van der Waals surface area contributed by atoms with Crippen LogP contribution in [0.4, 0.5) is 0 Å². The van der Waals surface area contributed by atoms with Gasteiger partial charge in [-0.25, -0.2) is 0 Å². The van der Waals surface area contributed by atoms with Crippen LogP contribution in [-0.2, 0) is 4.79 Å². The van der Waals surface area contributed by atoms with Crippen molar-refractivity contribution in [2.45, 2.75) is 92.4 Å². The third-order valence-corrected chi connectivity index (χ3v) is 19.6. The topological polar surface area (TPSA) is 20.3 Å². The molecular formula is C20H39NOSn. The van der Waals surface area contributed by atoms with E-state index in [2.05, 4.69) is 36.7 Å². The van der Waals surface area contributed by atoms with Gasteiger partial charge in [0.05, 0.1) is 0 Å². The first-order valence-corrected chi connectivity index (χ1v) is 17.8. The minimum atomic E-state index is -2.30. The van der Waals surface area contributed by atoms with Gasteiger partial charge in [0.15, 0.2) is 0 Å². The molecule has 1 rings (SSSR count). The number of rotatable bonds is 12. The van der Waals surface area contributed by atoms with Crippen molar-refractivity contribution < 1.29 is 4.79 Å². The first-order valence-electron chi connectivity index (χ1n) is 10.1. The van der Waals surface area contributed by atoms with Crippen LogP contribution in [-0.4, -0.2) is 42.3 Å². The predicted molar refractivity (Wildman–Crippen MR) is 104 cm³/mol. The van der Waals surface area contributed by atoms with Crippen LogP contribution in [0.3, 0.4) is 0 Å². The monoisotopic (exact) mass is 429 g/mol. The molecule has 0 aromatic carbocycles. The Balaban J connectivity index is 2.95. The third-order valence-electron chi connectivity index (χ3n) is 5.27. The number of hydrogen-bond donors (Lipinski definition) is 0. The molecule has 1 aliphatic rings. The molecule has 0 unspecified atom stereocenters. The summed E-state index contributed by atoms with van der Waals surface area (Å²) in [5.41, 5.74) is 1.21. The normalized spacial score (nSPS) is 17.5. The quantitative estimate of drug-likeness (QED) is 0.278. The molecule has 1 heterocycles. The molecule has 0 radical (unpaired) electrons. The van der Waals surface area contributed by atoms with E-state index in [1.807, 2.05) is 0 Å². The van der Waals surface area contributed by atoms with Gasteiger partial charge in [-0.1, -0.05) is 0 Å². The number of likely N-dealkylation sites (tertiary alicyclic amines) is 1. The molecule has 0 atom stereocenters. The molecule has 2 nitrogen and oxygen atoms in total. The van der Waals surface area contributed by atoms with Gasteiger partial charge in [0.25, 0.3) is 0 Å². The van der Waals surface area contributed by atoms with Crippen LogP contribution in [0.1, 0.15) is 79.1 Å². The van der Waals surface area contributed by atoms with E-state index in [0.717, 1.165) is 25.9 Å². The molecule has 0 bridgehead atoms. The van der Waals surface area contributed by atoms with Gasteiger partial charge in [-0.05, 0) is 0 Å². The molecular weight excluding hydrogens is 389 g/mol. The van der Waals surface area contributed by atoms with Crippen LogP contribution >= 0.6 is 0 Å². The first-order chi connectivity index (χ1) is 11.1. The van der Waals surface area contributed by atoms with Crippen LogP contribution in [0.25, 0.3) is 0 Å². The molecule has 1 aliphatic heterocycles. The summed E-state index contributed by atoms with van der Waals surface area (Å²) in [6, 6.07) is 0. The van der Waals surface area contributed by atoms with Crippen LogP contribution in [0.2, 0.25) is 13.3 Å². The molecule has 0 aliphatic carbocycles. The van der Waals surface area contributed by atoms with Gasteiger partial charge in [-0.3, -0.25) is 0 Å². The molecule has 3 heteroatoms. The maximum atomic E-state index is 12.7. The van der Waals surface area contributed by atoms with Gasteiger partial charge < -0.3 is 0 Å². The second-order valence-corrected chi connectivity index (χ2v) is 20.3. The van der Waals surface area contributed by atoms with Gasteiger partial charge in [0.1, 0.15) is 0 Å². The summed E-state index contributed by atoms with van der Waals surface area (Å²) in [6.45, 7) is 11.0. The Morgan fingerprint density at radius 2 is 1.43 bits per heavy atom. The summed E-state index contributed by atoms with van der Waals surface area (Å²) in [5.74, 6) is 0.373. The van der Waals surface area contributed by atoms with E-state index < -0.39 is 18.4 Å². The Bertz CT molecular complexity index is 356. The summed E-state index contributed by atoms with van der Waals surface area (Å²) < 4.78 is 7.05. The zero-order chi connectivity index (χ0) is 17.1. The van der Waals surface area contributed by atoms with Crippen LogP contribution < -0.4 is 0 Å². The van der Waals surface area contributed by atoms with Crippen molar-refractivity contribution in [3.05, 3.63) is 9.67 Å². The Hall–Kier alpha value is 0.00870. The van der Waals surface area contributed by atoms with Crippen LogP contribution in [0.15, 0.2) is 9.67 Å². The Morgan fingerprint density at radius 3 is 1.87 bits per heavy atom. The van der Waals surface area contributed by atoms with Crippen molar-refractivity contribution in [1.29, 1.82) is 0 Å². The average Bonchev–Trinajstić information content (AvgIpc) is 2.89. The Morgan fingerprint density at radius 1 is 0.913 bits per heavy atom. The SMILES string of the molecule is CCC[CH2][Sn](/[CH]=C1/CCN(CCC)C1=O)([CH2]CCC)[CH2]CCC. The van der Waals surface area contributed by atoms with Crippen LogP contribution in [0.5, 0.6) is 0 Å². The molecule has 0 spiro atoms. The third kappa shape index (κ3) is 6.80. The predicted octanol–water partition coefficient (Wildman–Crippen LogP) is 5.94. The average molecular weight is 428 g/mol. The fourth-order valence-corrected chi connectivity index (χ4v) is 19.1. The summed E-state index contributed by atoms with van der Waals surface area (Å²) in [6.07, 6.45) is 10.1. The molecule has 134 valence electrons. The molecule has 0 saturated carbocycles. The van der Waals surface area contributed by atoms with Gasteiger partial charge in [-0.2, -0.15) is 0 Å². The van der Waals surface area contributed by atoms with Gasteiger partial charge in [0.2, 0.25) is 0 Å². The van der Waals surface area contributed by atoms with E-state index in [1.165, 1.54) is 57.4 Å². The standard InChI is InChI=1S/C8H12NO.3C4H9.Sn/c1-3-5-9-6-4-7(2)8(9)10;3*1-3-4-2;/h2H,3-6H2,1H3;3*1,3-4H2,2H3;. The Labute approximate surface area is 149 Å². The van der Waals surface area contributed by atoms with Crippen molar-refractivity contribution in [3.8, 4) is 0 Å². The van der Waals surface area contributed by atoms with E-state index in [-0.39, 0.29) is 0 Å². The van der Waals surface area contributed by atoms with Gasteiger partial charge in [0, 0.05) is 0 Å². The van der Waals surface area contributed by atoms with E-state index in [9.17, 15) is 4.79 Å². The van der Waals surface area contributed by atoms with E-state index in [1.54, 1.807) is 0 Å². The molecule has 1 amide bonds. The zero-order valence-electron chi connectivity index (χ0n) is 16.1. The fraction of sp³-hybridized carbons (Fsp3) is 0.850. The molecule has 1 fully saturated rings. The summed E-state index contributed by atoms with van der Waals surface area (Å²) >= 11 is -2.30. The fourth-order valence-electron chi connectivity index (χ4n) is 3.83. The molecule has 23 heavy (non-hydrogen) atoms. The number of hydrogen-bond acceptors (Lipinski definition) is 1. The van der Waals surface area contributed by atoms with Gasteiger partial charge in [-0.15, -0.1) is 0 Å². The zero-order valence-corrected chi connectivity index (χ0v) is 19.0. The minimum absolute atomic E-state index is 0.373. The van der Waals surface area contributed by atoms with E-state index >= 15 is 0 Å². The second kappa shape index (κ2) is 11.5. The number of amides is 1. The first kappa shape index (κ1) is 21.1. The molecule has 0 aromatic heterocycles.